The van der Waals surface area contributed by atoms with E-state index in [-0.39, 0.29) is 18.3 Å². The first kappa shape index (κ1) is 22.6. The highest BCUT2D eigenvalue weighted by Crippen LogP contribution is 2.41. The summed E-state index contributed by atoms with van der Waals surface area (Å²) in [5.74, 6) is 0.133. The van der Waals surface area contributed by atoms with E-state index in [0.29, 0.717) is 28.1 Å². The summed E-state index contributed by atoms with van der Waals surface area (Å²) in [6.45, 7) is 1.66. The monoisotopic (exact) mass is 465 g/mol. The average Bonchev–Trinajstić information content (AvgIpc) is 3.04. The van der Waals surface area contributed by atoms with Crippen molar-refractivity contribution in [3.05, 3.63) is 83.7 Å². The summed E-state index contributed by atoms with van der Waals surface area (Å²) in [6.07, 6.45) is 3.41. The normalized spacial score (nSPS) is 19.4. The summed E-state index contributed by atoms with van der Waals surface area (Å²) < 4.78 is 33.6. The van der Waals surface area contributed by atoms with Crippen LogP contribution in [-0.2, 0) is 20.5 Å². The number of hydrogen-bond donors (Lipinski definition) is 2. The lowest BCUT2D eigenvalue weighted by atomic mass is 9.81. The Kier molecular flexibility index (Phi) is 5.73. The van der Waals surface area contributed by atoms with Gasteiger partial charge in [-0.05, 0) is 35.2 Å². The van der Waals surface area contributed by atoms with Gasteiger partial charge in [0.05, 0.1) is 0 Å². The number of likely N-dealkylation sites (N-methyl/N-ethyl adjacent to an activating group) is 1. The van der Waals surface area contributed by atoms with Gasteiger partial charge in [0, 0.05) is 25.0 Å². The molecule has 2 unspecified atom stereocenters. The Labute approximate surface area is 191 Å². The third-order valence-electron chi connectivity index (χ3n) is 5.75. The Bertz CT molecular complexity index is 1340. The number of aromatic nitrogens is 2. The molecule has 0 bridgehead atoms. The molecule has 0 fully saturated rings. The van der Waals surface area contributed by atoms with E-state index in [1.165, 1.54) is 11.9 Å². The van der Waals surface area contributed by atoms with E-state index in [9.17, 15) is 17.8 Å². The number of rotatable bonds is 6. The summed E-state index contributed by atoms with van der Waals surface area (Å²) >= 11 is 0. The molecule has 2 heterocycles. The van der Waals surface area contributed by atoms with Crippen molar-refractivity contribution in [2.75, 3.05) is 7.05 Å². The summed E-state index contributed by atoms with van der Waals surface area (Å²) in [5, 5.41) is -1.13. The highest BCUT2D eigenvalue weighted by atomic mass is 32.2. The maximum absolute atomic E-state index is 13.6. The molecule has 1 aliphatic rings. The van der Waals surface area contributed by atoms with Crippen molar-refractivity contribution in [3.8, 4) is 11.4 Å². The third kappa shape index (κ3) is 3.87. The first-order valence-corrected chi connectivity index (χ1v) is 11.8. The van der Waals surface area contributed by atoms with Crippen LogP contribution in [0.3, 0.4) is 0 Å². The fraction of sp³-hybridized carbons (Fsp3) is 0.217. The highest BCUT2D eigenvalue weighted by molar-refractivity contribution is 7.86. The molecule has 1 aromatic heterocycles. The molecule has 3 N–H and O–H groups in total. The molecule has 0 saturated carbocycles. The first-order chi connectivity index (χ1) is 15.7. The molecule has 4 rings (SSSR count). The molecular weight excluding hydrogens is 442 g/mol. The Morgan fingerprint density at radius 3 is 2.27 bits per heavy atom. The number of amides is 1. The van der Waals surface area contributed by atoms with Gasteiger partial charge in [0.15, 0.2) is 17.3 Å². The van der Waals surface area contributed by atoms with E-state index < -0.39 is 20.9 Å². The molecule has 2 atom stereocenters. The predicted octanol–water partition coefficient (Wildman–Crippen LogP) is 2.51. The van der Waals surface area contributed by atoms with Crippen molar-refractivity contribution in [2.24, 2.45) is 10.7 Å². The average molecular weight is 466 g/mol. The Morgan fingerprint density at radius 1 is 1.06 bits per heavy atom. The van der Waals surface area contributed by atoms with Crippen molar-refractivity contribution in [1.29, 1.82) is 0 Å². The van der Waals surface area contributed by atoms with Gasteiger partial charge in [-0.25, -0.2) is 15.0 Å². The number of guanidine groups is 1. The van der Waals surface area contributed by atoms with Gasteiger partial charge in [-0.1, -0.05) is 49.4 Å². The summed E-state index contributed by atoms with van der Waals surface area (Å²) in [4.78, 5) is 27.9. The first-order valence-electron chi connectivity index (χ1n) is 10.3. The van der Waals surface area contributed by atoms with E-state index in [1.54, 1.807) is 67.8 Å². The van der Waals surface area contributed by atoms with Crippen molar-refractivity contribution in [3.63, 3.8) is 0 Å². The standard InChI is InChI=1S/C23H23N5O4S/c1-3-19(33(30,31)32)15-7-4-9-17(13-15)23(21(29)28(2)22(24)27-23)18-10-5-8-16(14-18)20-25-11-6-12-26-20/h4-14,19H,3H2,1-2H3,(H2,24,27)(H,30,31,32). The van der Waals surface area contributed by atoms with Crippen LogP contribution in [-0.4, -0.2) is 46.8 Å². The second-order valence-electron chi connectivity index (χ2n) is 7.74. The van der Waals surface area contributed by atoms with Crippen molar-refractivity contribution < 1.29 is 17.8 Å². The van der Waals surface area contributed by atoms with Gasteiger partial charge in [-0.15, -0.1) is 0 Å². The molecule has 2 aromatic carbocycles. The Morgan fingerprint density at radius 2 is 1.70 bits per heavy atom. The van der Waals surface area contributed by atoms with Crippen molar-refractivity contribution >= 4 is 22.0 Å². The Hall–Kier alpha value is -3.63. The van der Waals surface area contributed by atoms with Crippen LogP contribution in [0.1, 0.15) is 35.3 Å². The molecule has 1 amide bonds. The van der Waals surface area contributed by atoms with E-state index in [1.807, 2.05) is 6.07 Å². The fourth-order valence-corrected chi connectivity index (χ4v) is 5.01. The topological polar surface area (TPSA) is 139 Å². The van der Waals surface area contributed by atoms with Crippen molar-refractivity contribution in [1.82, 2.24) is 14.9 Å². The van der Waals surface area contributed by atoms with Crippen LogP contribution in [0.4, 0.5) is 0 Å². The zero-order valence-electron chi connectivity index (χ0n) is 18.1. The molecule has 9 nitrogen and oxygen atoms in total. The summed E-state index contributed by atoms with van der Waals surface area (Å²) in [5.41, 5.74) is 6.53. The lowest BCUT2D eigenvalue weighted by Gasteiger charge is -2.27. The van der Waals surface area contributed by atoms with Gasteiger partial charge in [-0.2, -0.15) is 8.42 Å². The van der Waals surface area contributed by atoms with Crippen LogP contribution < -0.4 is 5.73 Å². The highest BCUT2D eigenvalue weighted by Gasteiger charge is 2.49. The largest absolute Gasteiger partial charge is 0.369 e. The third-order valence-corrected chi connectivity index (χ3v) is 7.08. The zero-order valence-corrected chi connectivity index (χ0v) is 18.9. The number of carbonyl (C=O) groups is 1. The molecule has 0 saturated heterocycles. The van der Waals surface area contributed by atoms with Crippen LogP contribution >= 0.6 is 0 Å². The molecule has 3 aromatic rings. The number of nitrogens with zero attached hydrogens (tertiary/aromatic N) is 4. The minimum Gasteiger partial charge on any atom is -0.369 e. The maximum atomic E-state index is 13.6. The number of benzene rings is 2. The van der Waals surface area contributed by atoms with E-state index in [0.717, 1.165) is 0 Å². The number of aliphatic imine (C=N–C) groups is 1. The SMILES string of the molecule is CCC(c1cccc(C2(c3cccc(-c4ncccn4)c3)N=C(N)N(C)C2=O)c1)S(=O)(=O)O. The minimum atomic E-state index is -4.34. The van der Waals surface area contributed by atoms with Crippen LogP contribution in [0, 0.1) is 0 Å². The minimum absolute atomic E-state index is 0.0357. The quantitative estimate of drug-likeness (QED) is 0.533. The van der Waals surface area contributed by atoms with Crippen LogP contribution in [0.15, 0.2) is 72.0 Å². The van der Waals surface area contributed by atoms with E-state index in [2.05, 4.69) is 15.0 Å². The molecule has 170 valence electrons. The maximum Gasteiger partial charge on any atom is 0.271 e. The lowest BCUT2D eigenvalue weighted by molar-refractivity contribution is -0.129. The van der Waals surface area contributed by atoms with Gasteiger partial charge < -0.3 is 5.73 Å². The smallest absolute Gasteiger partial charge is 0.271 e. The molecule has 33 heavy (non-hydrogen) atoms. The summed E-state index contributed by atoms with van der Waals surface area (Å²) in [7, 11) is -2.81. The van der Waals surface area contributed by atoms with Crippen LogP contribution in [0.25, 0.3) is 11.4 Å². The molecular formula is C23H23N5O4S. The van der Waals surface area contributed by atoms with Crippen LogP contribution in [0.5, 0.6) is 0 Å². The second kappa shape index (κ2) is 8.38. The van der Waals surface area contributed by atoms with Gasteiger partial charge in [0.25, 0.3) is 16.0 Å². The molecule has 1 aliphatic heterocycles. The predicted molar refractivity (Wildman–Crippen MR) is 124 cm³/mol. The van der Waals surface area contributed by atoms with Gasteiger partial charge in [-0.3, -0.25) is 14.2 Å². The summed E-state index contributed by atoms with van der Waals surface area (Å²) in [6, 6.07) is 15.4. The molecule has 0 radical (unpaired) electrons. The van der Waals surface area contributed by atoms with Gasteiger partial charge >= 0.3 is 0 Å². The van der Waals surface area contributed by atoms with E-state index in [4.69, 9.17) is 5.73 Å². The zero-order chi connectivity index (χ0) is 23.8. The van der Waals surface area contributed by atoms with Crippen molar-refractivity contribution in [2.45, 2.75) is 24.1 Å². The molecule has 10 heteroatoms. The molecule has 0 spiro atoms. The number of carbonyl (C=O) groups excluding carboxylic acids is 1. The lowest BCUT2D eigenvalue weighted by Crippen LogP contribution is -2.41. The van der Waals surface area contributed by atoms with Gasteiger partial charge in [0.2, 0.25) is 0 Å². The fourth-order valence-electron chi connectivity index (χ4n) is 4.10. The number of hydrogen-bond acceptors (Lipinski definition) is 7. The molecule has 0 aliphatic carbocycles. The Balaban J connectivity index is 1.94. The second-order valence-corrected chi connectivity index (χ2v) is 9.33. The van der Waals surface area contributed by atoms with E-state index >= 15 is 0 Å². The van der Waals surface area contributed by atoms with Crippen LogP contribution in [0.2, 0.25) is 0 Å². The number of nitrogens with two attached hydrogens (primary N) is 1. The van der Waals surface area contributed by atoms with Gasteiger partial charge in [0.1, 0.15) is 5.25 Å².